The molecule has 0 aliphatic rings. The van der Waals surface area contributed by atoms with Gasteiger partial charge in [0.2, 0.25) is 0 Å². The summed E-state index contributed by atoms with van der Waals surface area (Å²) < 4.78 is 6.44. The molecule has 0 fully saturated rings. The predicted octanol–water partition coefficient (Wildman–Crippen LogP) is 13.8. The van der Waals surface area contributed by atoms with Gasteiger partial charge in [-0.05, 0) is 85.6 Å². The number of furan rings is 1. The van der Waals surface area contributed by atoms with Crippen LogP contribution in [0.25, 0.3) is 76.5 Å². The quantitative estimate of drug-likeness (QED) is 0.175. The molecule has 0 unspecified atom stereocenters. The van der Waals surface area contributed by atoms with Crippen LogP contribution in [-0.2, 0) is 0 Å². The third-order valence-electron chi connectivity index (χ3n) is 10.1. The molecule has 0 amide bonds. The summed E-state index contributed by atoms with van der Waals surface area (Å²) in [5.41, 5.74) is 9.86. The number of anilines is 3. The maximum absolute atomic E-state index is 6.44. The van der Waals surface area contributed by atoms with E-state index >= 15 is 0 Å². The van der Waals surface area contributed by atoms with Gasteiger partial charge >= 0.3 is 0 Å². The first-order chi connectivity index (χ1) is 24.8. The molecule has 2 nitrogen and oxygen atoms in total. The Bertz CT molecular complexity index is 2870. The second-order valence-corrected chi connectivity index (χ2v) is 12.9. The summed E-state index contributed by atoms with van der Waals surface area (Å²) in [5, 5.41) is 9.60. The molecule has 0 aliphatic carbocycles. The third kappa shape index (κ3) is 4.50. The number of hydrogen-bond acceptors (Lipinski definition) is 2. The topological polar surface area (TPSA) is 16.4 Å². The van der Waals surface area contributed by atoms with Crippen LogP contribution in [0.1, 0.15) is 0 Å². The number of nitrogens with zero attached hydrogens (tertiary/aromatic N) is 1. The lowest BCUT2D eigenvalue weighted by atomic mass is 9.94. The molecule has 10 aromatic rings. The van der Waals surface area contributed by atoms with Crippen molar-refractivity contribution in [3.63, 3.8) is 0 Å². The molecule has 0 N–H and O–H groups in total. The molecular weight excluding hydrogens is 607 g/mol. The van der Waals surface area contributed by atoms with Crippen LogP contribution in [0.4, 0.5) is 17.1 Å². The lowest BCUT2D eigenvalue weighted by Gasteiger charge is -2.28. The zero-order valence-corrected chi connectivity index (χ0v) is 27.3. The molecule has 1 aromatic heterocycles. The summed E-state index contributed by atoms with van der Waals surface area (Å²) in [5.74, 6) is 0. The molecule has 0 radical (unpaired) electrons. The Balaban J connectivity index is 1.26. The van der Waals surface area contributed by atoms with Crippen molar-refractivity contribution < 1.29 is 4.42 Å². The molecule has 10 rings (SSSR count). The van der Waals surface area contributed by atoms with Gasteiger partial charge in [-0.2, -0.15) is 0 Å². The van der Waals surface area contributed by atoms with Crippen molar-refractivity contribution in [1.82, 2.24) is 0 Å². The molecule has 0 atom stereocenters. The van der Waals surface area contributed by atoms with Crippen LogP contribution in [0, 0.1) is 0 Å². The minimum atomic E-state index is 0.873. The van der Waals surface area contributed by atoms with Crippen molar-refractivity contribution in [2.24, 2.45) is 0 Å². The first kappa shape index (κ1) is 28.4. The van der Waals surface area contributed by atoms with Crippen LogP contribution < -0.4 is 4.90 Å². The zero-order valence-electron chi connectivity index (χ0n) is 27.3. The Morgan fingerprint density at radius 3 is 1.74 bits per heavy atom. The van der Waals surface area contributed by atoms with Gasteiger partial charge in [0, 0.05) is 16.5 Å². The number of hydrogen-bond donors (Lipinski definition) is 0. The summed E-state index contributed by atoms with van der Waals surface area (Å²) >= 11 is 0. The maximum Gasteiger partial charge on any atom is 0.137 e. The minimum Gasteiger partial charge on any atom is -0.456 e. The highest BCUT2D eigenvalue weighted by molar-refractivity contribution is 6.22. The van der Waals surface area contributed by atoms with Crippen LogP contribution >= 0.6 is 0 Å². The van der Waals surface area contributed by atoms with Crippen molar-refractivity contribution in [1.29, 1.82) is 0 Å². The highest BCUT2D eigenvalue weighted by Crippen LogP contribution is 2.47. The molecule has 0 saturated carbocycles. The standard InChI is InChI=1S/C48H31NO/c1-2-13-32(14-3-1)36-16-6-7-17-37(36)34-25-28-35(29-26-34)49(44-22-12-24-47-48(44)42-21-10-11-23-46(42)50-47)45-31-43-38-18-5-4-15-33(38)27-30-40(43)39-19-8-9-20-41(39)45/h1-31H. The average molecular weight is 638 g/mol. The molecule has 0 spiro atoms. The Labute approximate surface area is 290 Å². The molecular formula is C48H31NO. The van der Waals surface area contributed by atoms with E-state index in [1.807, 2.05) is 6.07 Å². The third-order valence-corrected chi connectivity index (χ3v) is 10.1. The summed E-state index contributed by atoms with van der Waals surface area (Å²) in [6.07, 6.45) is 0. The van der Waals surface area contributed by atoms with Crippen LogP contribution in [0.15, 0.2) is 192 Å². The van der Waals surface area contributed by atoms with Gasteiger partial charge in [0.15, 0.2) is 0 Å². The fraction of sp³-hybridized carbons (Fsp3) is 0. The first-order valence-corrected chi connectivity index (χ1v) is 17.1. The Morgan fingerprint density at radius 2 is 0.940 bits per heavy atom. The minimum absolute atomic E-state index is 0.873. The van der Waals surface area contributed by atoms with Gasteiger partial charge in [-0.25, -0.2) is 0 Å². The van der Waals surface area contributed by atoms with Crippen molar-refractivity contribution in [2.45, 2.75) is 0 Å². The number of fused-ring (bicyclic) bond motifs is 8. The highest BCUT2D eigenvalue weighted by Gasteiger charge is 2.22. The molecule has 0 aliphatic heterocycles. The van der Waals surface area contributed by atoms with Crippen molar-refractivity contribution in [2.75, 3.05) is 4.90 Å². The van der Waals surface area contributed by atoms with Crippen LogP contribution in [0.3, 0.4) is 0 Å². The van der Waals surface area contributed by atoms with Gasteiger partial charge in [-0.15, -0.1) is 0 Å². The second-order valence-electron chi connectivity index (χ2n) is 12.9. The predicted molar refractivity (Wildman–Crippen MR) is 212 cm³/mol. The van der Waals surface area contributed by atoms with E-state index in [9.17, 15) is 0 Å². The highest BCUT2D eigenvalue weighted by atomic mass is 16.3. The van der Waals surface area contributed by atoms with Gasteiger partial charge in [0.25, 0.3) is 0 Å². The van der Waals surface area contributed by atoms with E-state index in [-0.39, 0.29) is 0 Å². The van der Waals surface area contributed by atoms with Crippen molar-refractivity contribution in [3.05, 3.63) is 188 Å². The van der Waals surface area contributed by atoms with Crippen molar-refractivity contribution >= 4 is 71.3 Å². The molecule has 50 heavy (non-hydrogen) atoms. The SMILES string of the molecule is c1ccc(-c2ccccc2-c2ccc(N(c3cc4c5ccccc5ccc4c4ccccc34)c3cccc4oc5ccccc5c34)cc2)cc1. The van der Waals surface area contributed by atoms with Crippen LogP contribution in [-0.4, -0.2) is 0 Å². The zero-order chi connectivity index (χ0) is 33.0. The number of benzene rings is 9. The molecule has 0 saturated heterocycles. The average Bonchev–Trinajstić information content (AvgIpc) is 3.58. The van der Waals surface area contributed by atoms with Crippen molar-refractivity contribution in [3.8, 4) is 22.3 Å². The van der Waals surface area contributed by atoms with Gasteiger partial charge in [0.1, 0.15) is 11.2 Å². The largest absolute Gasteiger partial charge is 0.456 e. The van der Waals surface area contributed by atoms with E-state index in [1.165, 1.54) is 54.6 Å². The summed E-state index contributed by atoms with van der Waals surface area (Å²) in [6.45, 7) is 0. The number of rotatable bonds is 5. The van der Waals surface area contributed by atoms with Gasteiger partial charge in [0.05, 0.1) is 16.8 Å². The summed E-state index contributed by atoms with van der Waals surface area (Å²) in [6, 6.07) is 67.5. The number of para-hydroxylation sites is 1. The van der Waals surface area contributed by atoms with E-state index in [4.69, 9.17) is 4.42 Å². The summed E-state index contributed by atoms with van der Waals surface area (Å²) in [7, 11) is 0. The fourth-order valence-corrected chi connectivity index (χ4v) is 7.77. The molecule has 1 heterocycles. The van der Waals surface area contributed by atoms with E-state index in [2.05, 4.69) is 187 Å². The molecule has 234 valence electrons. The maximum atomic E-state index is 6.44. The van der Waals surface area contributed by atoms with E-state index in [1.54, 1.807) is 0 Å². The van der Waals surface area contributed by atoms with Gasteiger partial charge in [-0.1, -0.05) is 152 Å². The lowest BCUT2D eigenvalue weighted by Crippen LogP contribution is -2.11. The van der Waals surface area contributed by atoms with Gasteiger partial charge < -0.3 is 9.32 Å². The first-order valence-electron chi connectivity index (χ1n) is 17.1. The lowest BCUT2D eigenvalue weighted by molar-refractivity contribution is 0.669. The molecule has 9 aromatic carbocycles. The Morgan fingerprint density at radius 1 is 0.340 bits per heavy atom. The fourth-order valence-electron chi connectivity index (χ4n) is 7.77. The van der Waals surface area contributed by atoms with Gasteiger partial charge in [-0.3, -0.25) is 0 Å². The van der Waals surface area contributed by atoms with E-state index < -0.39 is 0 Å². The van der Waals surface area contributed by atoms with Crippen LogP contribution in [0.2, 0.25) is 0 Å². The molecule has 0 bridgehead atoms. The monoisotopic (exact) mass is 637 g/mol. The Hall–Kier alpha value is -6.64. The smallest absolute Gasteiger partial charge is 0.137 e. The second kappa shape index (κ2) is 11.5. The Kier molecular flexibility index (Phi) is 6.53. The normalized spacial score (nSPS) is 11.6. The van der Waals surface area contributed by atoms with E-state index in [0.717, 1.165) is 39.0 Å². The molecule has 2 heteroatoms. The van der Waals surface area contributed by atoms with E-state index in [0.29, 0.717) is 0 Å². The summed E-state index contributed by atoms with van der Waals surface area (Å²) in [4.78, 5) is 2.43. The van der Waals surface area contributed by atoms with Crippen LogP contribution in [0.5, 0.6) is 0 Å².